The lowest BCUT2D eigenvalue weighted by Crippen LogP contribution is -2.26. The summed E-state index contributed by atoms with van der Waals surface area (Å²) in [5.74, 6) is 1.30. The van der Waals surface area contributed by atoms with Crippen LogP contribution >= 0.6 is 11.6 Å². The first-order valence-corrected chi connectivity index (χ1v) is 6.43. The number of aromatic nitrogens is 2. The Hall–Kier alpha value is -0.870. The highest BCUT2D eigenvalue weighted by molar-refractivity contribution is 6.29. The topological polar surface area (TPSA) is 38.2 Å². The molecule has 4 nitrogen and oxygen atoms in total. The Morgan fingerprint density at radius 1 is 1.47 bits per heavy atom. The van der Waals surface area contributed by atoms with Crippen LogP contribution in [-0.2, 0) is 6.42 Å². The molecule has 0 atom stereocenters. The standard InChI is InChI=1S/C12H18ClN3O/c1-3-11-14-10(13)8-12(15-11)17-7-6-16(2)9-4-5-9/h8-9H,3-7H2,1-2H3. The number of hydrogen-bond acceptors (Lipinski definition) is 4. The lowest BCUT2D eigenvalue weighted by Gasteiger charge is -2.15. The van der Waals surface area contributed by atoms with Crippen LogP contribution in [-0.4, -0.2) is 41.1 Å². The average molecular weight is 256 g/mol. The van der Waals surface area contributed by atoms with Crippen LogP contribution in [0.25, 0.3) is 0 Å². The van der Waals surface area contributed by atoms with Crippen LogP contribution < -0.4 is 4.74 Å². The average Bonchev–Trinajstić information content (AvgIpc) is 3.12. The van der Waals surface area contributed by atoms with Crippen molar-refractivity contribution in [1.29, 1.82) is 0 Å². The quantitative estimate of drug-likeness (QED) is 0.731. The molecule has 0 N–H and O–H groups in total. The van der Waals surface area contributed by atoms with Gasteiger partial charge in [0.15, 0.2) is 0 Å². The number of aryl methyl sites for hydroxylation is 1. The fourth-order valence-electron chi connectivity index (χ4n) is 1.67. The predicted octanol–water partition coefficient (Wildman–Crippen LogP) is 2.17. The Balaban J connectivity index is 1.83. The van der Waals surface area contributed by atoms with Crippen molar-refractivity contribution in [2.24, 2.45) is 0 Å². The predicted molar refractivity (Wildman–Crippen MR) is 67.6 cm³/mol. The Morgan fingerprint density at radius 2 is 2.24 bits per heavy atom. The molecule has 1 fully saturated rings. The number of ether oxygens (including phenoxy) is 1. The fourth-order valence-corrected chi connectivity index (χ4v) is 1.86. The third-order valence-corrected chi connectivity index (χ3v) is 3.09. The third kappa shape index (κ3) is 3.82. The summed E-state index contributed by atoms with van der Waals surface area (Å²) in [5.41, 5.74) is 0. The van der Waals surface area contributed by atoms with E-state index in [1.165, 1.54) is 12.8 Å². The Bertz CT molecular complexity index is 382. The molecule has 0 amide bonds. The van der Waals surface area contributed by atoms with E-state index in [0.29, 0.717) is 17.6 Å². The van der Waals surface area contributed by atoms with Crippen LogP contribution in [0.3, 0.4) is 0 Å². The van der Waals surface area contributed by atoms with Crippen molar-refractivity contribution in [3.63, 3.8) is 0 Å². The van der Waals surface area contributed by atoms with Crippen LogP contribution in [0.1, 0.15) is 25.6 Å². The zero-order valence-corrected chi connectivity index (χ0v) is 11.1. The van der Waals surface area contributed by atoms with Gasteiger partial charge in [-0.25, -0.2) is 4.98 Å². The van der Waals surface area contributed by atoms with Crippen LogP contribution in [0, 0.1) is 0 Å². The molecule has 2 rings (SSSR count). The molecule has 0 radical (unpaired) electrons. The second-order valence-electron chi connectivity index (χ2n) is 4.36. The van der Waals surface area contributed by atoms with Gasteiger partial charge in [-0.15, -0.1) is 0 Å². The summed E-state index contributed by atoms with van der Waals surface area (Å²) in [6.07, 6.45) is 3.39. The van der Waals surface area contributed by atoms with Crippen LogP contribution in [0.4, 0.5) is 0 Å². The molecule has 0 unspecified atom stereocenters. The monoisotopic (exact) mass is 255 g/mol. The molecule has 1 heterocycles. The van der Waals surface area contributed by atoms with E-state index in [1.54, 1.807) is 6.07 Å². The van der Waals surface area contributed by atoms with Gasteiger partial charge in [0.1, 0.15) is 17.6 Å². The summed E-state index contributed by atoms with van der Waals surface area (Å²) >= 11 is 5.89. The van der Waals surface area contributed by atoms with Gasteiger partial charge in [-0.2, -0.15) is 4.98 Å². The summed E-state index contributed by atoms with van der Waals surface area (Å²) < 4.78 is 5.60. The summed E-state index contributed by atoms with van der Waals surface area (Å²) in [6, 6.07) is 2.43. The van der Waals surface area contributed by atoms with Crippen LogP contribution in [0.5, 0.6) is 5.88 Å². The summed E-state index contributed by atoms with van der Waals surface area (Å²) in [4.78, 5) is 10.7. The van der Waals surface area contributed by atoms with Crippen molar-refractivity contribution >= 4 is 11.6 Å². The zero-order chi connectivity index (χ0) is 12.3. The van der Waals surface area contributed by atoms with Crippen LogP contribution in [0.2, 0.25) is 5.15 Å². The van der Waals surface area contributed by atoms with E-state index < -0.39 is 0 Å². The summed E-state index contributed by atoms with van der Waals surface area (Å²) in [7, 11) is 2.13. The third-order valence-electron chi connectivity index (χ3n) is 2.90. The maximum absolute atomic E-state index is 5.89. The van der Waals surface area contributed by atoms with Crippen molar-refractivity contribution in [2.45, 2.75) is 32.2 Å². The lowest BCUT2D eigenvalue weighted by molar-refractivity contribution is 0.226. The van der Waals surface area contributed by atoms with Crippen molar-refractivity contribution in [1.82, 2.24) is 14.9 Å². The first-order chi connectivity index (χ1) is 8.19. The fraction of sp³-hybridized carbons (Fsp3) is 0.667. The summed E-state index contributed by atoms with van der Waals surface area (Å²) in [5, 5.41) is 0.447. The highest BCUT2D eigenvalue weighted by Crippen LogP contribution is 2.24. The molecule has 1 aromatic heterocycles. The van der Waals surface area contributed by atoms with Gasteiger partial charge >= 0.3 is 0 Å². The second-order valence-corrected chi connectivity index (χ2v) is 4.75. The zero-order valence-electron chi connectivity index (χ0n) is 10.3. The Morgan fingerprint density at radius 3 is 2.88 bits per heavy atom. The molecule has 1 saturated carbocycles. The molecular weight excluding hydrogens is 238 g/mol. The number of hydrogen-bond donors (Lipinski definition) is 0. The first kappa shape index (κ1) is 12.6. The van der Waals surface area contributed by atoms with Gasteiger partial charge in [0.2, 0.25) is 5.88 Å². The van der Waals surface area contributed by atoms with Gasteiger partial charge in [0, 0.05) is 25.1 Å². The minimum Gasteiger partial charge on any atom is -0.476 e. The molecular formula is C12H18ClN3O. The molecule has 1 aliphatic carbocycles. The molecule has 94 valence electrons. The van der Waals surface area contributed by atoms with Gasteiger partial charge in [0.25, 0.3) is 0 Å². The van der Waals surface area contributed by atoms with E-state index in [-0.39, 0.29) is 0 Å². The molecule has 1 aliphatic rings. The van der Waals surface area contributed by atoms with Crippen molar-refractivity contribution in [3.05, 3.63) is 17.0 Å². The van der Waals surface area contributed by atoms with Gasteiger partial charge in [0.05, 0.1) is 0 Å². The Labute approximate surface area is 107 Å². The van der Waals surface area contributed by atoms with E-state index in [0.717, 1.165) is 24.8 Å². The normalized spacial score (nSPS) is 15.3. The van der Waals surface area contributed by atoms with E-state index >= 15 is 0 Å². The number of rotatable bonds is 6. The van der Waals surface area contributed by atoms with Gasteiger partial charge < -0.3 is 9.64 Å². The molecule has 0 aromatic carbocycles. The van der Waals surface area contributed by atoms with Crippen molar-refractivity contribution in [3.8, 4) is 5.88 Å². The Kier molecular flexibility index (Phi) is 4.18. The minimum absolute atomic E-state index is 0.447. The smallest absolute Gasteiger partial charge is 0.218 e. The van der Waals surface area contributed by atoms with Gasteiger partial charge in [-0.1, -0.05) is 18.5 Å². The maximum Gasteiger partial charge on any atom is 0.218 e. The number of likely N-dealkylation sites (N-methyl/N-ethyl adjacent to an activating group) is 1. The molecule has 0 saturated heterocycles. The first-order valence-electron chi connectivity index (χ1n) is 6.05. The SMILES string of the molecule is CCc1nc(Cl)cc(OCCN(C)C2CC2)n1. The molecule has 0 aliphatic heterocycles. The van der Waals surface area contributed by atoms with Gasteiger partial charge in [-0.05, 0) is 19.9 Å². The summed E-state index contributed by atoms with van der Waals surface area (Å²) in [6.45, 7) is 3.56. The second kappa shape index (κ2) is 5.65. The molecule has 0 spiro atoms. The molecule has 5 heteroatoms. The maximum atomic E-state index is 5.89. The van der Waals surface area contributed by atoms with Gasteiger partial charge in [-0.3, -0.25) is 0 Å². The lowest BCUT2D eigenvalue weighted by atomic mass is 10.4. The number of nitrogens with zero attached hydrogens (tertiary/aromatic N) is 3. The molecule has 1 aromatic rings. The van der Waals surface area contributed by atoms with Crippen molar-refractivity contribution in [2.75, 3.05) is 20.2 Å². The minimum atomic E-state index is 0.447. The highest BCUT2D eigenvalue weighted by atomic mass is 35.5. The molecule has 17 heavy (non-hydrogen) atoms. The molecule has 0 bridgehead atoms. The van der Waals surface area contributed by atoms with E-state index in [4.69, 9.17) is 16.3 Å². The van der Waals surface area contributed by atoms with E-state index in [9.17, 15) is 0 Å². The van der Waals surface area contributed by atoms with Crippen molar-refractivity contribution < 1.29 is 4.74 Å². The van der Waals surface area contributed by atoms with E-state index in [1.807, 2.05) is 6.92 Å². The van der Waals surface area contributed by atoms with E-state index in [2.05, 4.69) is 21.9 Å². The number of halogens is 1. The highest BCUT2D eigenvalue weighted by Gasteiger charge is 2.25. The van der Waals surface area contributed by atoms with Crippen LogP contribution in [0.15, 0.2) is 6.07 Å². The largest absolute Gasteiger partial charge is 0.476 e.